The monoisotopic (exact) mass is 278 g/mol. The first-order chi connectivity index (χ1) is 9.22. The number of hydrogen-bond acceptors (Lipinski definition) is 4. The summed E-state index contributed by atoms with van der Waals surface area (Å²) in [4.78, 5) is 12.5. The van der Waals surface area contributed by atoms with Gasteiger partial charge in [0.2, 0.25) is 5.91 Å². The van der Waals surface area contributed by atoms with Crippen LogP contribution in [0.1, 0.15) is 24.8 Å². The Labute approximate surface area is 117 Å². The number of rotatable bonds is 2. The van der Waals surface area contributed by atoms with Gasteiger partial charge in [-0.2, -0.15) is 0 Å². The smallest absolute Gasteiger partial charge is 0.224 e. The van der Waals surface area contributed by atoms with E-state index >= 15 is 0 Å². The molecule has 0 aromatic heterocycles. The number of anilines is 2. The Morgan fingerprint density at radius 3 is 2.84 bits per heavy atom. The highest BCUT2D eigenvalue weighted by Gasteiger charge is 2.20. The van der Waals surface area contributed by atoms with Gasteiger partial charge in [0.15, 0.2) is 0 Å². The molecule has 3 N–H and O–H groups in total. The molecule has 0 unspecified atom stereocenters. The van der Waals surface area contributed by atoms with Crippen LogP contribution < -0.4 is 11.1 Å². The lowest BCUT2D eigenvalue weighted by molar-refractivity contribution is -0.116. The largest absolute Gasteiger partial charge is 0.398 e. The Hall–Kier alpha value is -1.20. The van der Waals surface area contributed by atoms with Crippen molar-refractivity contribution in [3.8, 4) is 0 Å². The molecular weight excluding hydrogens is 260 g/mol. The molecule has 19 heavy (non-hydrogen) atoms. The van der Waals surface area contributed by atoms with Gasteiger partial charge in [-0.15, -0.1) is 11.8 Å². The summed E-state index contributed by atoms with van der Waals surface area (Å²) < 4.78 is 5.38. The molecule has 102 valence electrons. The van der Waals surface area contributed by atoms with Crippen molar-refractivity contribution in [3.63, 3.8) is 0 Å². The number of benzene rings is 1. The Kier molecular flexibility index (Phi) is 3.66. The molecule has 2 aliphatic heterocycles. The Morgan fingerprint density at radius 2 is 2.05 bits per heavy atom. The molecule has 5 heteroatoms. The first-order valence-electron chi connectivity index (χ1n) is 6.69. The number of thioether (sulfide) groups is 1. The van der Waals surface area contributed by atoms with Gasteiger partial charge in [0.05, 0.1) is 0 Å². The number of ether oxygens (including phenoxy) is 1. The van der Waals surface area contributed by atoms with Crippen LogP contribution in [0.25, 0.3) is 0 Å². The molecule has 4 nitrogen and oxygen atoms in total. The number of hydrogen-bond donors (Lipinski definition) is 2. The molecule has 0 aliphatic carbocycles. The van der Waals surface area contributed by atoms with Gasteiger partial charge in [-0.1, -0.05) is 0 Å². The van der Waals surface area contributed by atoms with Crippen molar-refractivity contribution in [2.75, 3.05) is 24.3 Å². The van der Waals surface area contributed by atoms with Crippen LogP contribution in [-0.4, -0.2) is 24.4 Å². The highest BCUT2D eigenvalue weighted by Crippen LogP contribution is 2.37. The van der Waals surface area contributed by atoms with Gasteiger partial charge in [0, 0.05) is 41.2 Å². The molecule has 1 saturated heterocycles. The van der Waals surface area contributed by atoms with Crippen LogP contribution >= 0.6 is 11.8 Å². The van der Waals surface area contributed by atoms with Crippen molar-refractivity contribution in [2.24, 2.45) is 0 Å². The van der Waals surface area contributed by atoms with Crippen LogP contribution in [0.5, 0.6) is 0 Å². The SMILES string of the molecule is Nc1cc2c(cc1SC1CCOCC1)CCC(=O)N2. The van der Waals surface area contributed by atoms with Crippen LogP contribution in [-0.2, 0) is 16.0 Å². The average molecular weight is 278 g/mol. The number of carbonyl (C=O) groups is 1. The van der Waals surface area contributed by atoms with E-state index in [1.54, 1.807) is 0 Å². The average Bonchev–Trinajstić information content (AvgIpc) is 2.41. The molecule has 0 bridgehead atoms. The zero-order valence-electron chi connectivity index (χ0n) is 10.8. The number of nitrogen functional groups attached to an aromatic ring is 1. The standard InChI is InChI=1S/C14H18N2O2S/c15-11-8-12-9(1-2-14(17)16-12)7-13(11)19-10-3-5-18-6-4-10/h7-8,10H,1-6,15H2,(H,16,17). The summed E-state index contributed by atoms with van der Waals surface area (Å²) in [6.07, 6.45) is 3.54. The van der Waals surface area contributed by atoms with Gasteiger partial charge in [-0.25, -0.2) is 0 Å². The van der Waals surface area contributed by atoms with E-state index in [-0.39, 0.29) is 5.91 Å². The molecular formula is C14H18N2O2S. The van der Waals surface area contributed by atoms with Gasteiger partial charge in [-0.3, -0.25) is 4.79 Å². The Morgan fingerprint density at radius 1 is 1.26 bits per heavy atom. The van der Waals surface area contributed by atoms with Crippen molar-refractivity contribution in [3.05, 3.63) is 17.7 Å². The second-order valence-electron chi connectivity index (χ2n) is 5.02. The van der Waals surface area contributed by atoms with Gasteiger partial charge in [-0.05, 0) is 37.0 Å². The van der Waals surface area contributed by atoms with E-state index in [2.05, 4.69) is 11.4 Å². The van der Waals surface area contributed by atoms with E-state index < -0.39 is 0 Å². The van der Waals surface area contributed by atoms with Crippen LogP contribution in [0, 0.1) is 0 Å². The number of nitrogens with two attached hydrogens (primary N) is 1. The van der Waals surface area contributed by atoms with Crippen molar-refractivity contribution in [1.82, 2.24) is 0 Å². The van der Waals surface area contributed by atoms with Crippen LogP contribution in [0.3, 0.4) is 0 Å². The number of aryl methyl sites for hydroxylation is 1. The molecule has 0 radical (unpaired) electrons. The zero-order valence-corrected chi connectivity index (χ0v) is 11.6. The third-order valence-corrected chi connectivity index (χ3v) is 5.01. The molecule has 1 aromatic rings. The maximum atomic E-state index is 11.4. The van der Waals surface area contributed by atoms with Crippen LogP contribution in [0.4, 0.5) is 11.4 Å². The summed E-state index contributed by atoms with van der Waals surface area (Å²) in [7, 11) is 0. The third-order valence-electron chi connectivity index (χ3n) is 3.59. The lowest BCUT2D eigenvalue weighted by atomic mass is 10.0. The summed E-state index contributed by atoms with van der Waals surface area (Å²) in [5.74, 6) is 0.0803. The number of amides is 1. The quantitative estimate of drug-likeness (QED) is 0.816. The minimum Gasteiger partial charge on any atom is -0.398 e. The fourth-order valence-electron chi connectivity index (χ4n) is 2.50. The summed E-state index contributed by atoms with van der Waals surface area (Å²) >= 11 is 1.85. The lowest BCUT2D eigenvalue weighted by Gasteiger charge is -2.24. The topological polar surface area (TPSA) is 64.3 Å². The van der Waals surface area contributed by atoms with E-state index in [1.807, 2.05) is 17.8 Å². The van der Waals surface area contributed by atoms with Gasteiger partial charge >= 0.3 is 0 Å². The van der Waals surface area contributed by atoms with Crippen molar-refractivity contribution in [2.45, 2.75) is 35.8 Å². The second-order valence-corrected chi connectivity index (χ2v) is 6.37. The first kappa shape index (κ1) is 12.8. The zero-order chi connectivity index (χ0) is 13.2. The van der Waals surface area contributed by atoms with Crippen LogP contribution in [0.15, 0.2) is 17.0 Å². The van der Waals surface area contributed by atoms with E-state index in [0.29, 0.717) is 11.7 Å². The molecule has 3 rings (SSSR count). The minimum atomic E-state index is 0.0803. The summed E-state index contributed by atoms with van der Waals surface area (Å²) in [6, 6.07) is 4.04. The number of carbonyl (C=O) groups excluding carboxylic acids is 1. The van der Waals surface area contributed by atoms with E-state index in [4.69, 9.17) is 10.5 Å². The molecule has 1 amide bonds. The Bertz CT molecular complexity index is 498. The highest BCUT2D eigenvalue weighted by atomic mass is 32.2. The lowest BCUT2D eigenvalue weighted by Crippen LogP contribution is -2.20. The normalized spacial score (nSPS) is 19.9. The minimum absolute atomic E-state index is 0.0803. The van der Waals surface area contributed by atoms with E-state index in [1.165, 1.54) is 5.56 Å². The second kappa shape index (κ2) is 5.43. The fourth-order valence-corrected chi connectivity index (χ4v) is 3.69. The summed E-state index contributed by atoms with van der Waals surface area (Å²) in [5, 5.41) is 3.47. The molecule has 2 heterocycles. The van der Waals surface area contributed by atoms with Gasteiger partial charge in [0.25, 0.3) is 0 Å². The molecule has 0 atom stereocenters. The maximum absolute atomic E-state index is 11.4. The van der Waals surface area contributed by atoms with Crippen molar-refractivity contribution in [1.29, 1.82) is 0 Å². The molecule has 1 aromatic carbocycles. The van der Waals surface area contributed by atoms with Crippen molar-refractivity contribution < 1.29 is 9.53 Å². The number of nitrogens with one attached hydrogen (secondary N) is 1. The van der Waals surface area contributed by atoms with E-state index in [9.17, 15) is 4.79 Å². The molecule has 0 spiro atoms. The highest BCUT2D eigenvalue weighted by molar-refractivity contribution is 8.00. The molecule has 2 aliphatic rings. The molecule has 1 fully saturated rings. The Balaban J connectivity index is 1.80. The third kappa shape index (κ3) is 2.87. The maximum Gasteiger partial charge on any atom is 0.224 e. The van der Waals surface area contributed by atoms with E-state index in [0.717, 1.165) is 48.7 Å². The van der Waals surface area contributed by atoms with Crippen molar-refractivity contribution >= 4 is 29.0 Å². The summed E-state index contributed by atoms with van der Waals surface area (Å²) in [6.45, 7) is 1.69. The molecule has 0 saturated carbocycles. The van der Waals surface area contributed by atoms with Gasteiger partial charge in [0.1, 0.15) is 0 Å². The predicted octanol–water partition coefficient (Wildman–Crippen LogP) is 2.42. The summed E-state index contributed by atoms with van der Waals surface area (Å²) in [5.41, 5.74) is 8.94. The predicted molar refractivity (Wildman–Crippen MR) is 77.5 cm³/mol. The number of fused-ring (bicyclic) bond motifs is 1. The fraction of sp³-hybridized carbons (Fsp3) is 0.500. The first-order valence-corrected chi connectivity index (χ1v) is 7.57. The van der Waals surface area contributed by atoms with Gasteiger partial charge < -0.3 is 15.8 Å². The van der Waals surface area contributed by atoms with Crippen LogP contribution in [0.2, 0.25) is 0 Å².